The van der Waals surface area contributed by atoms with E-state index >= 15 is 0 Å². The summed E-state index contributed by atoms with van der Waals surface area (Å²) < 4.78 is 2.47. The van der Waals surface area contributed by atoms with Crippen LogP contribution in [0.4, 0.5) is 10.8 Å². The van der Waals surface area contributed by atoms with Crippen LogP contribution in [0.3, 0.4) is 0 Å². The maximum atomic E-state index is 5.05. The first-order valence-electron chi connectivity index (χ1n) is 11.0. The zero-order chi connectivity index (χ0) is 19.2. The van der Waals surface area contributed by atoms with Gasteiger partial charge in [-0.3, -0.25) is 4.90 Å². The van der Waals surface area contributed by atoms with Crippen LogP contribution in [0.25, 0.3) is 11.0 Å². The lowest BCUT2D eigenvalue weighted by Gasteiger charge is -2.36. The Bertz CT molecular complexity index is 984. The number of nitrogens with zero attached hydrogens (tertiary/aromatic N) is 6. The standard InChI is InChI=1S/C22H28N6S/c1-2-17(3-1)25-8-6-21-24-19-16-18(4-5-20(19)28(21)14-13-25)26-9-11-27(12-10-26)22-23-7-15-29-22/h4-5,7,15-17H,1-3,6,8-14H2. The van der Waals surface area contributed by atoms with Gasteiger partial charge < -0.3 is 14.4 Å². The molecule has 2 fully saturated rings. The van der Waals surface area contributed by atoms with Crippen molar-refractivity contribution < 1.29 is 0 Å². The number of rotatable bonds is 3. The number of hydrogen-bond donors (Lipinski definition) is 0. The third-order valence-corrected chi connectivity index (χ3v) is 7.80. The summed E-state index contributed by atoms with van der Waals surface area (Å²) >= 11 is 1.73. The van der Waals surface area contributed by atoms with Gasteiger partial charge in [0, 0.05) is 75.5 Å². The molecule has 0 bridgehead atoms. The molecule has 0 N–H and O–H groups in total. The topological polar surface area (TPSA) is 40.4 Å². The van der Waals surface area contributed by atoms with Gasteiger partial charge in [0.25, 0.3) is 0 Å². The van der Waals surface area contributed by atoms with Gasteiger partial charge in [0.1, 0.15) is 5.82 Å². The van der Waals surface area contributed by atoms with Crippen molar-refractivity contribution in [1.29, 1.82) is 0 Å². The van der Waals surface area contributed by atoms with Crippen molar-refractivity contribution in [2.24, 2.45) is 0 Å². The summed E-state index contributed by atoms with van der Waals surface area (Å²) in [6.45, 7) is 7.55. The first kappa shape index (κ1) is 17.7. The molecule has 0 spiro atoms. The van der Waals surface area contributed by atoms with E-state index < -0.39 is 0 Å². The summed E-state index contributed by atoms with van der Waals surface area (Å²) in [7, 11) is 0. The Kier molecular flexibility index (Phi) is 4.45. The van der Waals surface area contributed by atoms with Crippen LogP contribution >= 0.6 is 11.3 Å². The Morgan fingerprint density at radius 1 is 0.931 bits per heavy atom. The molecule has 1 aliphatic carbocycles. The van der Waals surface area contributed by atoms with Crippen molar-refractivity contribution in [2.75, 3.05) is 49.1 Å². The molecule has 3 aromatic rings. The van der Waals surface area contributed by atoms with Gasteiger partial charge >= 0.3 is 0 Å². The molecule has 0 radical (unpaired) electrons. The molecule has 1 aromatic carbocycles. The molecule has 3 aliphatic rings. The minimum atomic E-state index is 0.834. The Balaban J connectivity index is 1.18. The minimum Gasteiger partial charge on any atom is -0.368 e. The Morgan fingerprint density at radius 3 is 2.55 bits per heavy atom. The van der Waals surface area contributed by atoms with Gasteiger partial charge in [-0.2, -0.15) is 0 Å². The second-order valence-electron chi connectivity index (χ2n) is 8.51. The van der Waals surface area contributed by atoms with Crippen molar-refractivity contribution in [1.82, 2.24) is 19.4 Å². The van der Waals surface area contributed by atoms with Crippen molar-refractivity contribution in [2.45, 2.75) is 38.3 Å². The molecule has 0 amide bonds. The van der Waals surface area contributed by atoms with E-state index in [1.165, 1.54) is 49.4 Å². The van der Waals surface area contributed by atoms with Crippen molar-refractivity contribution in [3.8, 4) is 0 Å². The van der Waals surface area contributed by atoms with Gasteiger partial charge in [0.2, 0.25) is 0 Å². The Hall–Kier alpha value is -2.12. The van der Waals surface area contributed by atoms with Crippen LogP contribution < -0.4 is 9.80 Å². The molecular weight excluding hydrogens is 380 g/mol. The molecule has 6 nitrogen and oxygen atoms in total. The molecule has 7 heteroatoms. The van der Waals surface area contributed by atoms with Crippen LogP contribution in [-0.2, 0) is 13.0 Å². The van der Waals surface area contributed by atoms with Crippen LogP contribution in [-0.4, -0.2) is 64.7 Å². The zero-order valence-electron chi connectivity index (χ0n) is 16.8. The largest absolute Gasteiger partial charge is 0.368 e. The highest BCUT2D eigenvalue weighted by molar-refractivity contribution is 7.13. The minimum absolute atomic E-state index is 0.834. The highest BCUT2D eigenvalue weighted by atomic mass is 32.1. The predicted octanol–water partition coefficient (Wildman–Crippen LogP) is 3.23. The van der Waals surface area contributed by atoms with E-state index in [2.05, 4.69) is 47.8 Å². The first-order chi connectivity index (χ1) is 14.3. The lowest BCUT2D eigenvalue weighted by atomic mass is 9.91. The number of hydrogen-bond acceptors (Lipinski definition) is 6. The predicted molar refractivity (Wildman–Crippen MR) is 119 cm³/mol. The first-order valence-corrected chi connectivity index (χ1v) is 11.9. The molecule has 1 saturated heterocycles. The molecule has 6 rings (SSSR count). The maximum absolute atomic E-state index is 5.05. The fraction of sp³-hybridized carbons (Fsp3) is 0.545. The Labute approximate surface area is 175 Å². The summed E-state index contributed by atoms with van der Waals surface area (Å²) in [5, 5.41) is 3.21. The SMILES string of the molecule is c1csc(N2CCN(c3ccc4c(c3)nc3n4CCN(C4CCC4)CC3)CC2)n1. The van der Waals surface area contributed by atoms with Gasteiger partial charge in [0.05, 0.1) is 11.0 Å². The van der Waals surface area contributed by atoms with Crippen LogP contribution in [0.1, 0.15) is 25.1 Å². The third-order valence-electron chi connectivity index (χ3n) is 6.97. The van der Waals surface area contributed by atoms with Crippen LogP contribution in [0, 0.1) is 0 Å². The molecule has 0 unspecified atom stereocenters. The molecular formula is C22H28N6S. The highest BCUT2D eigenvalue weighted by Crippen LogP contribution is 2.29. The molecule has 4 heterocycles. The molecule has 152 valence electrons. The summed E-state index contributed by atoms with van der Waals surface area (Å²) in [5.41, 5.74) is 3.78. The van der Waals surface area contributed by atoms with Crippen LogP contribution in [0.15, 0.2) is 29.8 Å². The molecule has 2 aromatic heterocycles. The quantitative estimate of drug-likeness (QED) is 0.666. The second-order valence-corrected chi connectivity index (χ2v) is 9.39. The van der Waals surface area contributed by atoms with E-state index in [4.69, 9.17) is 4.98 Å². The number of piperazine rings is 1. The van der Waals surface area contributed by atoms with Crippen LogP contribution in [0.2, 0.25) is 0 Å². The monoisotopic (exact) mass is 408 g/mol. The number of anilines is 2. The number of imidazole rings is 1. The van der Waals surface area contributed by atoms with Crippen molar-refractivity contribution in [3.63, 3.8) is 0 Å². The smallest absolute Gasteiger partial charge is 0.185 e. The lowest BCUT2D eigenvalue weighted by molar-refractivity contribution is 0.130. The zero-order valence-corrected chi connectivity index (χ0v) is 17.7. The average molecular weight is 409 g/mol. The van der Waals surface area contributed by atoms with Crippen molar-refractivity contribution >= 4 is 33.2 Å². The molecule has 29 heavy (non-hydrogen) atoms. The van der Waals surface area contributed by atoms with Gasteiger partial charge in [0.15, 0.2) is 5.13 Å². The van der Waals surface area contributed by atoms with E-state index in [1.54, 1.807) is 11.3 Å². The lowest BCUT2D eigenvalue weighted by Crippen LogP contribution is -2.46. The number of aromatic nitrogens is 3. The summed E-state index contributed by atoms with van der Waals surface area (Å²) in [5.74, 6) is 1.27. The summed E-state index contributed by atoms with van der Waals surface area (Å²) in [4.78, 5) is 17.1. The fourth-order valence-electron chi connectivity index (χ4n) is 5.03. The van der Waals surface area contributed by atoms with Gasteiger partial charge in [-0.15, -0.1) is 11.3 Å². The van der Waals surface area contributed by atoms with Gasteiger partial charge in [-0.1, -0.05) is 6.42 Å². The number of fused-ring (bicyclic) bond motifs is 3. The summed E-state index contributed by atoms with van der Waals surface area (Å²) in [6, 6.07) is 7.73. The van der Waals surface area contributed by atoms with Crippen molar-refractivity contribution in [3.05, 3.63) is 35.6 Å². The van der Waals surface area contributed by atoms with E-state index in [0.717, 1.165) is 55.8 Å². The summed E-state index contributed by atoms with van der Waals surface area (Å²) in [6.07, 6.45) is 7.17. The fourth-order valence-corrected chi connectivity index (χ4v) is 5.73. The Morgan fingerprint density at radius 2 is 1.79 bits per heavy atom. The molecule has 0 atom stereocenters. The van der Waals surface area contributed by atoms with Gasteiger partial charge in [-0.05, 0) is 31.0 Å². The third kappa shape index (κ3) is 3.20. The van der Waals surface area contributed by atoms with E-state index in [9.17, 15) is 0 Å². The number of thiazole rings is 1. The maximum Gasteiger partial charge on any atom is 0.185 e. The van der Waals surface area contributed by atoms with E-state index in [-0.39, 0.29) is 0 Å². The van der Waals surface area contributed by atoms with Crippen LogP contribution in [0.5, 0.6) is 0 Å². The average Bonchev–Trinajstić information content (AvgIpc) is 3.32. The highest BCUT2D eigenvalue weighted by Gasteiger charge is 2.27. The molecule has 2 aliphatic heterocycles. The van der Waals surface area contributed by atoms with E-state index in [0.29, 0.717) is 0 Å². The normalized spacial score (nSPS) is 21.2. The van der Waals surface area contributed by atoms with E-state index in [1.807, 2.05) is 6.20 Å². The van der Waals surface area contributed by atoms with Gasteiger partial charge in [-0.25, -0.2) is 9.97 Å². The number of benzene rings is 1. The molecule has 1 saturated carbocycles. The second kappa shape index (κ2) is 7.29.